The molecule has 0 radical (unpaired) electrons. The van der Waals surface area contributed by atoms with E-state index in [0.29, 0.717) is 5.56 Å². The van der Waals surface area contributed by atoms with Crippen molar-refractivity contribution in [1.82, 2.24) is 0 Å². The van der Waals surface area contributed by atoms with Crippen LogP contribution in [0.4, 0.5) is 9.39 Å². The highest BCUT2D eigenvalue weighted by molar-refractivity contribution is 7.18. The van der Waals surface area contributed by atoms with E-state index in [-0.39, 0.29) is 33.2 Å². The molecule has 150 valence electrons. The fraction of sp³-hybridized carbons (Fsp3) is 0.350. The summed E-state index contributed by atoms with van der Waals surface area (Å²) in [6.07, 6.45) is -0.727. The van der Waals surface area contributed by atoms with Crippen molar-refractivity contribution >= 4 is 34.2 Å². The molecule has 1 amide bonds. The summed E-state index contributed by atoms with van der Waals surface area (Å²) in [5, 5.41) is 2.73. The summed E-state index contributed by atoms with van der Waals surface area (Å²) in [4.78, 5) is 37.6. The molecule has 0 spiro atoms. The summed E-state index contributed by atoms with van der Waals surface area (Å²) < 4.78 is 23.9. The monoisotopic (exact) mass is 407 g/mol. The molecule has 2 rings (SSSR count). The average Bonchev–Trinajstić information content (AvgIpc) is 2.90. The second kappa shape index (κ2) is 8.97. The molecule has 0 aliphatic rings. The Morgan fingerprint density at radius 3 is 2.21 bits per heavy atom. The van der Waals surface area contributed by atoms with Gasteiger partial charge in [0.25, 0.3) is 5.91 Å². The van der Waals surface area contributed by atoms with E-state index < -0.39 is 23.7 Å². The number of hydrogen-bond acceptors (Lipinski definition) is 6. The lowest BCUT2D eigenvalue weighted by Gasteiger charge is -2.10. The minimum absolute atomic E-state index is 0.0826. The van der Waals surface area contributed by atoms with Crippen molar-refractivity contribution < 1.29 is 28.2 Å². The molecule has 0 aliphatic carbocycles. The summed E-state index contributed by atoms with van der Waals surface area (Å²) in [6, 6.07) is 5.15. The number of hydrogen-bond donors (Lipinski definition) is 1. The fourth-order valence-electron chi connectivity index (χ4n) is 2.39. The van der Waals surface area contributed by atoms with E-state index in [1.54, 1.807) is 34.6 Å². The van der Waals surface area contributed by atoms with Gasteiger partial charge in [0.2, 0.25) is 0 Å². The molecule has 0 atom stereocenters. The number of halogens is 1. The molecular formula is C20H22FNO5S. The Morgan fingerprint density at radius 1 is 1.04 bits per heavy atom. The SMILES string of the molecule is Cc1c(C(=O)OC(C)C)sc(NC(=O)c2cccc(F)c2)c1C(=O)OC(C)C. The Balaban J connectivity index is 2.44. The summed E-state index contributed by atoms with van der Waals surface area (Å²) in [7, 11) is 0. The smallest absolute Gasteiger partial charge is 0.348 e. The first kappa shape index (κ1) is 21.6. The van der Waals surface area contributed by atoms with Crippen molar-refractivity contribution in [3.63, 3.8) is 0 Å². The molecule has 1 N–H and O–H groups in total. The van der Waals surface area contributed by atoms with Crippen molar-refractivity contribution in [1.29, 1.82) is 0 Å². The molecule has 28 heavy (non-hydrogen) atoms. The van der Waals surface area contributed by atoms with Crippen LogP contribution in [-0.2, 0) is 9.47 Å². The quantitative estimate of drug-likeness (QED) is 0.709. The fourth-order valence-corrected chi connectivity index (χ4v) is 3.46. The largest absolute Gasteiger partial charge is 0.459 e. The topological polar surface area (TPSA) is 81.7 Å². The van der Waals surface area contributed by atoms with Gasteiger partial charge >= 0.3 is 11.9 Å². The summed E-state index contributed by atoms with van der Waals surface area (Å²) in [5.41, 5.74) is 0.524. The zero-order valence-electron chi connectivity index (χ0n) is 16.3. The third-order valence-corrected chi connectivity index (χ3v) is 4.72. The Hall–Kier alpha value is -2.74. The highest BCUT2D eigenvalue weighted by Gasteiger charge is 2.28. The van der Waals surface area contributed by atoms with Gasteiger partial charge in [-0.15, -0.1) is 11.3 Å². The van der Waals surface area contributed by atoms with E-state index in [9.17, 15) is 18.8 Å². The van der Waals surface area contributed by atoms with Crippen LogP contribution >= 0.6 is 11.3 Å². The lowest BCUT2D eigenvalue weighted by atomic mass is 10.1. The zero-order valence-corrected chi connectivity index (χ0v) is 17.1. The van der Waals surface area contributed by atoms with Gasteiger partial charge in [-0.1, -0.05) is 6.07 Å². The van der Waals surface area contributed by atoms with Gasteiger partial charge in [-0.3, -0.25) is 4.79 Å². The Labute approximate surface area is 166 Å². The van der Waals surface area contributed by atoms with E-state index in [4.69, 9.17) is 9.47 Å². The summed E-state index contributed by atoms with van der Waals surface area (Å²) in [6.45, 7) is 8.39. The maximum Gasteiger partial charge on any atom is 0.348 e. The lowest BCUT2D eigenvalue weighted by Crippen LogP contribution is -2.17. The van der Waals surface area contributed by atoms with Crippen molar-refractivity contribution in [3.8, 4) is 0 Å². The van der Waals surface area contributed by atoms with E-state index in [1.165, 1.54) is 18.2 Å². The first-order valence-corrected chi connectivity index (χ1v) is 9.54. The predicted molar refractivity (Wildman–Crippen MR) is 105 cm³/mol. The van der Waals surface area contributed by atoms with Crippen molar-refractivity contribution in [2.24, 2.45) is 0 Å². The lowest BCUT2D eigenvalue weighted by molar-refractivity contribution is 0.0378. The van der Waals surface area contributed by atoms with Gasteiger partial charge in [0.05, 0.1) is 17.8 Å². The van der Waals surface area contributed by atoms with Crippen LogP contribution in [0.1, 0.15) is 63.6 Å². The third kappa shape index (κ3) is 5.16. The first-order valence-electron chi connectivity index (χ1n) is 8.72. The number of carbonyl (C=O) groups excluding carboxylic acids is 3. The minimum atomic E-state index is -0.665. The molecule has 8 heteroatoms. The molecule has 1 heterocycles. The van der Waals surface area contributed by atoms with Crippen LogP contribution in [0.3, 0.4) is 0 Å². The molecule has 0 saturated heterocycles. The molecule has 6 nitrogen and oxygen atoms in total. The number of carbonyl (C=O) groups is 3. The number of amides is 1. The number of nitrogens with one attached hydrogen (secondary N) is 1. The minimum Gasteiger partial charge on any atom is -0.459 e. The van der Waals surface area contributed by atoms with E-state index >= 15 is 0 Å². The average molecular weight is 407 g/mol. The van der Waals surface area contributed by atoms with Gasteiger partial charge in [0.15, 0.2) is 0 Å². The predicted octanol–water partition coefficient (Wildman–Crippen LogP) is 4.58. The van der Waals surface area contributed by atoms with E-state index in [1.807, 2.05) is 0 Å². The zero-order chi connectivity index (χ0) is 21.0. The molecule has 0 aliphatic heterocycles. The first-order chi connectivity index (χ1) is 13.1. The van der Waals surface area contributed by atoms with Crippen LogP contribution in [0.25, 0.3) is 0 Å². The Kier molecular flexibility index (Phi) is 6.90. The van der Waals surface area contributed by atoms with Crippen molar-refractivity contribution in [2.75, 3.05) is 5.32 Å². The molecule has 1 aromatic carbocycles. The molecule has 0 fully saturated rings. The maximum absolute atomic E-state index is 13.4. The normalized spacial score (nSPS) is 10.9. The number of benzene rings is 1. The second-order valence-electron chi connectivity index (χ2n) is 6.63. The molecule has 1 aromatic heterocycles. The third-order valence-electron chi connectivity index (χ3n) is 3.54. The van der Waals surface area contributed by atoms with Crippen LogP contribution in [0.15, 0.2) is 24.3 Å². The van der Waals surface area contributed by atoms with Crippen LogP contribution in [0.5, 0.6) is 0 Å². The highest BCUT2D eigenvalue weighted by atomic mass is 32.1. The highest BCUT2D eigenvalue weighted by Crippen LogP contribution is 2.35. The number of anilines is 1. The van der Waals surface area contributed by atoms with Gasteiger partial charge in [-0.25, -0.2) is 14.0 Å². The molecule has 0 unspecified atom stereocenters. The summed E-state index contributed by atoms with van der Waals surface area (Å²) in [5.74, 6) is -2.43. The number of rotatable bonds is 6. The second-order valence-corrected chi connectivity index (χ2v) is 7.65. The molecule has 0 bridgehead atoms. The van der Waals surface area contributed by atoms with Crippen LogP contribution in [-0.4, -0.2) is 30.1 Å². The summed E-state index contributed by atoms with van der Waals surface area (Å²) >= 11 is 0.918. The molecular weight excluding hydrogens is 385 g/mol. The molecule has 0 saturated carbocycles. The Bertz CT molecular complexity index is 904. The van der Waals surface area contributed by atoms with E-state index in [2.05, 4.69) is 5.32 Å². The maximum atomic E-state index is 13.4. The van der Waals surface area contributed by atoms with Crippen molar-refractivity contribution in [3.05, 3.63) is 51.7 Å². The van der Waals surface area contributed by atoms with Gasteiger partial charge in [0, 0.05) is 5.56 Å². The number of ether oxygens (including phenoxy) is 2. The van der Waals surface area contributed by atoms with Gasteiger partial charge < -0.3 is 14.8 Å². The van der Waals surface area contributed by atoms with Crippen LogP contribution < -0.4 is 5.32 Å². The number of esters is 2. The van der Waals surface area contributed by atoms with Crippen LogP contribution in [0, 0.1) is 12.7 Å². The molecule has 2 aromatic rings. The standard InChI is InChI=1S/C20H22FNO5S/c1-10(2)26-19(24)15-12(5)16(20(25)27-11(3)4)28-18(15)22-17(23)13-7-6-8-14(21)9-13/h6-11H,1-5H3,(H,22,23). The van der Waals surface area contributed by atoms with Gasteiger partial charge in [-0.2, -0.15) is 0 Å². The Morgan fingerprint density at radius 2 is 1.64 bits per heavy atom. The van der Waals surface area contributed by atoms with Crippen LogP contribution in [0.2, 0.25) is 0 Å². The van der Waals surface area contributed by atoms with Gasteiger partial charge in [-0.05, 0) is 58.4 Å². The number of thiophene rings is 1. The van der Waals surface area contributed by atoms with E-state index in [0.717, 1.165) is 17.4 Å². The van der Waals surface area contributed by atoms with Gasteiger partial charge in [0.1, 0.15) is 15.7 Å². The van der Waals surface area contributed by atoms with Crippen molar-refractivity contribution in [2.45, 2.75) is 46.8 Å².